The highest BCUT2D eigenvalue weighted by molar-refractivity contribution is 6.24. The summed E-state index contributed by atoms with van der Waals surface area (Å²) in [5.41, 5.74) is 0.887. The molecular weight excluding hydrogens is 544 g/mol. The first-order valence-corrected chi connectivity index (χ1v) is 14.2. The Morgan fingerprint density at radius 3 is 1.60 bits per heavy atom. The molecule has 0 saturated heterocycles. The van der Waals surface area contributed by atoms with E-state index >= 15 is 0 Å². The molecule has 0 spiro atoms. The maximum absolute atomic E-state index is 9.72. The average Bonchev–Trinajstić information content (AvgIpc) is 3.66. The predicted octanol–water partition coefficient (Wildman–Crippen LogP) is 12.6. The summed E-state index contributed by atoms with van der Waals surface area (Å²) in [5.74, 6) is 0. The number of para-hydroxylation sites is 1. The van der Waals surface area contributed by atoms with Gasteiger partial charge in [0, 0.05) is 16.3 Å². The summed E-state index contributed by atoms with van der Waals surface area (Å²) in [4.78, 5) is 0. The van der Waals surface area contributed by atoms with Crippen LogP contribution >= 0.6 is 0 Å². The zero-order valence-corrected chi connectivity index (χ0v) is 23.4. The van der Waals surface area contributed by atoms with Gasteiger partial charge in [0.2, 0.25) is 0 Å². The van der Waals surface area contributed by atoms with E-state index in [2.05, 4.69) is 0 Å². The zero-order valence-electron chi connectivity index (χ0n) is 38.4. The van der Waals surface area contributed by atoms with Crippen molar-refractivity contribution in [1.82, 2.24) is 0 Å². The summed E-state index contributed by atoms with van der Waals surface area (Å²) < 4.78 is 138. The molecule has 0 aliphatic carbocycles. The van der Waals surface area contributed by atoms with Crippen LogP contribution in [0.15, 0.2) is 174 Å². The minimum absolute atomic E-state index is 0.0151. The molecule has 45 heavy (non-hydrogen) atoms. The first-order valence-electron chi connectivity index (χ1n) is 21.7. The second kappa shape index (κ2) is 10.4. The minimum Gasteiger partial charge on any atom is -0.455 e. The molecular formula is C44H28O. The Labute approximate surface area is 282 Å². The van der Waals surface area contributed by atoms with Gasteiger partial charge in [0.15, 0.2) is 0 Å². The summed E-state index contributed by atoms with van der Waals surface area (Å²) in [5, 5.41) is 1.95. The lowest BCUT2D eigenvalue weighted by Gasteiger charge is -2.20. The van der Waals surface area contributed by atoms with Crippen LogP contribution < -0.4 is 0 Å². The highest BCUT2D eigenvalue weighted by Crippen LogP contribution is 2.48. The highest BCUT2D eigenvalue weighted by Gasteiger charge is 2.22. The van der Waals surface area contributed by atoms with E-state index in [4.69, 9.17) is 19.5 Å². The number of benzene rings is 8. The van der Waals surface area contributed by atoms with Gasteiger partial charge in [-0.3, -0.25) is 0 Å². The van der Waals surface area contributed by atoms with Gasteiger partial charge in [-0.1, -0.05) is 157 Å². The molecule has 1 heterocycles. The van der Waals surface area contributed by atoms with Gasteiger partial charge >= 0.3 is 0 Å². The van der Waals surface area contributed by atoms with Gasteiger partial charge in [0.1, 0.15) is 11.2 Å². The second-order valence-corrected chi connectivity index (χ2v) is 10.5. The largest absolute Gasteiger partial charge is 0.455 e. The number of rotatable bonds is 4. The lowest BCUT2D eigenvalue weighted by atomic mass is 9.83. The van der Waals surface area contributed by atoms with Gasteiger partial charge < -0.3 is 4.42 Å². The maximum atomic E-state index is 9.72. The van der Waals surface area contributed by atoms with Gasteiger partial charge in [0.05, 0.1) is 20.6 Å². The van der Waals surface area contributed by atoms with E-state index < -0.39 is 89.7 Å². The summed E-state index contributed by atoms with van der Waals surface area (Å²) >= 11 is 0. The van der Waals surface area contributed by atoms with Crippen molar-refractivity contribution >= 4 is 43.5 Å². The minimum atomic E-state index is -0.678. The Balaban J connectivity index is 1.45. The molecule has 0 N–H and O–H groups in total. The predicted molar refractivity (Wildman–Crippen MR) is 190 cm³/mol. The third kappa shape index (κ3) is 4.09. The van der Waals surface area contributed by atoms with Crippen LogP contribution in [-0.4, -0.2) is 0 Å². The SMILES string of the molecule is [2H]c1c([2H])c([2H])c(-c2c([2H])c([2H])c(-c3c4ccccc4c(-c4c([2H])c([2H])c5c(oc6c([2H])c([2H])c([2H])c([2H])c65)c4-c4ccccc4)c4ccccc34)c([2H])c2[2H])c([2H])c1[2H]. The molecule has 1 nitrogen and oxygen atoms in total. The smallest absolute Gasteiger partial charge is 0.143 e. The lowest BCUT2D eigenvalue weighted by Crippen LogP contribution is -1.93. The summed E-state index contributed by atoms with van der Waals surface area (Å²) in [6, 6.07) is 15.0. The second-order valence-electron chi connectivity index (χ2n) is 10.5. The van der Waals surface area contributed by atoms with E-state index in [1.165, 1.54) is 0 Å². The molecule has 0 saturated carbocycles. The van der Waals surface area contributed by atoms with Crippen molar-refractivity contribution < 1.29 is 25.0 Å². The topological polar surface area (TPSA) is 13.1 Å². The molecule has 9 rings (SSSR count). The monoisotopic (exact) mass is 587 g/mol. The molecule has 9 aromatic rings. The Hall–Kier alpha value is -5.92. The van der Waals surface area contributed by atoms with Crippen molar-refractivity contribution in [2.24, 2.45) is 0 Å². The number of hydrogen-bond acceptors (Lipinski definition) is 1. The molecule has 0 atom stereocenters. The Kier molecular flexibility index (Phi) is 3.39. The molecule has 1 aromatic heterocycles. The Bertz CT molecular complexity index is 3260. The third-order valence-corrected chi connectivity index (χ3v) is 7.99. The van der Waals surface area contributed by atoms with Crippen LogP contribution in [0.5, 0.6) is 0 Å². The Morgan fingerprint density at radius 2 is 0.911 bits per heavy atom. The van der Waals surface area contributed by atoms with Crippen LogP contribution in [0.25, 0.3) is 88.0 Å². The van der Waals surface area contributed by atoms with Crippen LogP contribution in [0.4, 0.5) is 0 Å². The van der Waals surface area contributed by atoms with Crippen LogP contribution in [-0.2, 0) is 0 Å². The highest BCUT2D eigenvalue weighted by atomic mass is 16.3. The van der Waals surface area contributed by atoms with Gasteiger partial charge in [-0.25, -0.2) is 0 Å². The quantitative estimate of drug-likeness (QED) is 0.187. The van der Waals surface area contributed by atoms with E-state index in [1.807, 2.05) is 6.07 Å². The number of fused-ring (bicyclic) bond motifs is 5. The van der Waals surface area contributed by atoms with Crippen molar-refractivity contribution in [3.63, 3.8) is 0 Å². The average molecular weight is 588 g/mol. The van der Waals surface area contributed by atoms with E-state index in [0.717, 1.165) is 0 Å². The van der Waals surface area contributed by atoms with Crippen LogP contribution in [0.3, 0.4) is 0 Å². The van der Waals surface area contributed by atoms with Crippen LogP contribution in [0.1, 0.15) is 20.6 Å². The Morgan fingerprint density at radius 1 is 0.356 bits per heavy atom. The van der Waals surface area contributed by atoms with Crippen molar-refractivity contribution in [2.75, 3.05) is 0 Å². The maximum Gasteiger partial charge on any atom is 0.143 e. The zero-order chi connectivity index (χ0) is 42.8. The first-order chi connectivity index (χ1) is 28.6. The summed E-state index contributed by atoms with van der Waals surface area (Å²) in [6.07, 6.45) is 0. The molecule has 0 aliphatic heterocycles. The van der Waals surface area contributed by atoms with E-state index in [0.29, 0.717) is 43.8 Å². The van der Waals surface area contributed by atoms with Crippen molar-refractivity contribution in [3.8, 4) is 44.5 Å². The third-order valence-electron chi connectivity index (χ3n) is 7.99. The molecule has 0 bridgehead atoms. The van der Waals surface area contributed by atoms with Crippen molar-refractivity contribution in [3.05, 3.63) is 169 Å². The molecule has 0 unspecified atom stereocenters. The van der Waals surface area contributed by atoms with E-state index in [-0.39, 0.29) is 45.2 Å². The van der Waals surface area contributed by atoms with Gasteiger partial charge in [-0.15, -0.1) is 0 Å². The molecule has 0 fully saturated rings. The van der Waals surface area contributed by atoms with Gasteiger partial charge in [-0.2, -0.15) is 0 Å². The van der Waals surface area contributed by atoms with Crippen LogP contribution in [0, 0.1) is 0 Å². The molecule has 0 radical (unpaired) electrons. The molecule has 1 heteroatoms. The lowest BCUT2D eigenvalue weighted by molar-refractivity contribution is 0.670. The van der Waals surface area contributed by atoms with Gasteiger partial charge in [-0.05, 0) is 72.6 Å². The molecule has 8 aromatic carbocycles. The molecule has 0 aliphatic rings. The fourth-order valence-electron chi connectivity index (χ4n) is 6.09. The first kappa shape index (κ1) is 14.7. The fraction of sp³-hybridized carbons (Fsp3) is 0. The van der Waals surface area contributed by atoms with Crippen molar-refractivity contribution in [2.45, 2.75) is 0 Å². The van der Waals surface area contributed by atoms with Crippen LogP contribution in [0.2, 0.25) is 0 Å². The summed E-state index contributed by atoms with van der Waals surface area (Å²) in [6.45, 7) is 0. The fourth-order valence-corrected chi connectivity index (χ4v) is 6.09. The molecule has 0 amide bonds. The van der Waals surface area contributed by atoms with Crippen molar-refractivity contribution in [1.29, 1.82) is 0 Å². The number of hydrogen-bond donors (Lipinski definition) is 0. The summed E-state index contributed by atoms with van der Waals surface area (Å²) in [7, 11) is 0. The van der Waals surface area contributed by atoms with E-state index in [1.54, 1.807) is 72.8 Å². The standard InChI is InChI=1S/C44H28O/c1-3-13-29(14-4-1)30-23-25-32(26-24-30)41-34-18-7-9-20-36(34)43(37-21-10-8-19-35(37)41)39-28-27-38-33-17-11-12-22-40(33)45-44(38)42(39)31-15-5-2-6-16-31/h1-28H/i1D,3D,4D,11D,12D,13D,14D,17D,22D,23D,24D,25D,26D,27D,28D. The van der Waals surface area contributed by atoms with Gasteiger partial charge in [0.25, 0.3) is 0 Å². The van der Waals surface area contributed by atoms with E-state index in [9.17, 15) is 5.48 Å². The number of furan rings is 1. The normalized spacial score (nSPS) is 16.2. The molecule has 210 valence electrons.